The van der Waals surface area contributed by atoms with Gasteiger partial charge in [0.25, 0.3) is 0 Å². The minimum absolute atomic E-state index is 0.0649. The number of fused-ring (bicyclic) bond motifs is 1. The number of allylic oxidation sites excluding steroid dienone is 3. The van der Waals surface area contributed by atoms with Crippen molar-refractivity contribution in [3.63, 3.8) is 0 Å². The number of rotatable bonds is 14. The van der Waals surface area contributed by atoms with Crippen molar-refractivity contribution in [1.29, 1.82) is 0 Å². The van der Waals surface area contributed by atoms with E-state index in [1.165, 1.54) is 37.7 Å². The number of hydrogen-bond acceptors (Lipinski definition) is 4. The van der Waals surface area contributed by atoms with Crippen LogP contribution < -0.4 is 0 Å². The quantitative estimate of drug-likeness (QED) is 0.131. The lowest BCUT2D eigenvalue weighted by molar-refractivity contribution is -0.0260. The van der Waals surface area contributed by atoms with Crippen LogP contribution in [0.5, 0.6) is 0 Å². The average molecular weight is 749 g/mol. The average Bonchev–Trinajstić information content (AvgIpc) is 3.27. The molecule has 0 aliphatic heterocycles. The molecule has 0 unspecified atom stereocenters. The fourth-order valence-corrected chi connectivity index (χ4v) is 13.8. The van der Waals surface area contributed by atoms with Gasteiger partial charge in [-0.1, -0.05) is 85.6 Å². The second kappa shape index (κ2) is 16.0. The maximum Gasteiger partial charge on any atom is 0.192 e. The second-order valence-corrected chi connectivity index (χ2v) is 36.3. The second-order valence-electron chi connectivity index (χ2n) is 22.4. The van der Waals surface area contributed by atoms with E-state index in [1.54, 1.807) is 5.57 Å². The minimum atomic E-state index is -1.89. The normalized spacial score (nSPS) is 28.7. The standard InChI is InChI=1S/C43H84O4Si3/c1-39(2,3)49(15,16)45-35-29-33(30-36(31-35)46-50(17,18)40(4,5)6)22-23-34-21-19-27-43(11)37(34)24-25-38(43)41(7,8)32-44-28-20-26-42(9,10)47-48(12,13)14/h22-23,35-38H,19-21,24-32H2,1-18H3/b34-23+/t35-,36-,37+,38-,43+/m1/s1. The Labute approximate surface area is 315 Å². The molecule has 0 aromatic rings. The third-order valence-electron chi connectivity index (χ3n) is 13.6. The smallest absolute Gasteiger partial charge is 0.192 e. The highest BCUT2D eigenvalue weighted by atomic mass is 28.4. The molecule has 0 heterocycles. The summed E-state index contributed by atoms with van der Waals surface area (Å²) in [6, 6.07) is 0. The first-order valence-electron chi connectivity index (χ1n) is 20.5. The Hall–Kier alpha value is -0.0294. The van der Waals surface area contributed by atoms with Crippen LogP contribution in [0.2, 0.25) is 55.9 Å². The monoisotopic (exact) mass is 749 g/mol. The third kappa shape index (κ3) is 11.7. The third-order valence-corrected chi connectivity index (χ3v) is 23.8. The number of hydrogen-bond donors (Lipinski definition) is 0. The lowest BCUT2D eigenvalue weighted by Gasteiger charge is -2.48. The highest BCUT2D eigenvalue weighted by molar-refractivity contribution is 6.74. The highest BCUT2D eigenvalue weighted by Gasteiger charge is 2.54. The molecular weight excluding hydrogens is 665 g/mol. The van der Waals surface area contributed by atoms with E-state index in [2.05, 4.69) is 134 Å². The predicted octanol–water partition coefficient (Wildman–Crippen LogP) is 13.5. The Balaban J connectivity index is 1.73. The topological polar surface area (TPSA) is 36.9 Å². The van der Waals surface area contributed by atoms with Crippen molar-refractivity contribution in [2.24, 2.45) is 22.7 Å². The number of ether oxygens (including phenoxy) is 1. The van der Waals surface area contributed by atoms with Gasteiger partial charge in [-0.25, -0.2) is 0 Å². The van der Waals surface area contributed by atoms with E-state index in [0.29, 0.717) is 17.3 Å². The van der Waals surface area contributed by atoms with Crippen LogP contribution in [-0.4, -0.2) is 56.0 Å². The zero-order valence-corrected chi connectivity index (χ0v) is 39.6. The van der Waals surface area contributed by atoms with E-state index in [4.69, 9.17) is 18.0 Å². The van der Waals surface area contributed by atoms with Crippen molar-refractivity contribution in [2.75, 3.05) is 13.2 Å². The Bertz CT molecular complexity index is 1140. The van der Waals surface area contributed by atoms with Gasteiger partial charge in [0.2, 0.25) is 0 Å². The van der Waals surface area contributed by atoms with Crippen molar-refractivity contribution in [2.45, 2.75) is 214 Å². The van der Waals surface area contributed by atoms with E-state index < -0.39 is 25.0 Å². The molecule has 0 N–H and O–H groups in total. The summed E-state index contributed by atoms with van der Waals surface area (Å²) in [6.07, 6.45) is 17.3. The molecule has 5 atom stereocenters. The van der Waals surface area contributed by atoms with Gasteiger partial charge >= 0.3 is 0 Å². The molecule has 0 aromatic carbocycles. The summed E-state index contributed by atoms with van der Waals surface area (Å²) in [5.74, 6) is 1.36. The van der Waals surface area contributed by atoms with Crippen LogP contribution >= 0.6 is 0 Å². The molecule has 0 spiro atoms. The van der Waals surface area contributed by atoms with Crippen molar-refractivity contribution in [3.05, 3.63) is 23.3 Å². The first-order valence-corrected chi connectivity index (χ1v) is 29.7. The van der Waals surface area contributed by atoms with E-state index >= 15 is 0 Å². The predicted molar refractivity (Wildman–Crippen MR) is 225 cm³/mol. The highest BCUT2D eigenvalue weighted by Crippen LogP contribution is 2.62. The summed E-state index contributed by atoms with van der Waals surface area (Å²) in [7, 11) is -5.33. The van der Waals surface area contributed by atoms with Gasteiger partial charge in [0.05, 0.1) is 24.4 Å². The van der Waals surface area contributed by atoms with Crippen LogP contribution in [0.3, 0.4) is 0 Å². The van der Waals surface area contributed by atoms with E-state index in [9.17, 15) is 0 Å². The summed E-state index contributed by atoms with van der Waals surface area (Å²) >= 11 is 0. The lowest BCUT2D eigenvalue weighted by atomic mass is 9.58. The Morgan fingerprint density at radius 1 is 0.760 bits per heavy atom. The van der Waals surface area contributed by atoms with Crippen LogP contribution in [0, 0.1) is 22.7 Å². The first-order chi connectivity index (χ1) is 22.5. The zero-order valence-electron chi connectivity index (χ0n) is 36.6. The molecule has 3 rings (SSSR count). The van der Waals surface area contributed by atoms with E-state index in [-0.39, 0.29) is 33.3 Å². The maximum atomic E-state index is 7.11. The van der Waals surface area contributed by atoms with E-state index in [1.807, 2.05) is 0 Å². The molecule has 0 saturated heterocycles. The summed E-state index contributed by atoms with van der Waals surface area (Å²) in [5, 5.41) is 0.408. The molecule has 3 fully saturated rings. The summed E-state index contributed by atoms with van der Waals surface area (Å²) in [4.78, 5) is 0. The van der Waals surface area contributed by atoms with Gasteiger partial charge in [0, 0.05) is 6.61 Å². The molecular formula is C43H84O4Si3. The molecule has 0 aromatic heterocycles. The summed E-state index contributed by atoms with van der Waals surface area (Å²) in [6.45, 7) is 44.4. The molecule has 292 valence electrons. The van der Waals surface area contributed by atoms with Gasteiger partial charge in [0.1, 0.15) is 0 Å². The molecule has 0 bridgehead atoms. The van der Waals surface area contributed by atoms with Gasteiger partial charge in [-0.3, -0.25) is 0 Å². The minimum Gasteiger partial charge on any atom is -0.414 e. The Kier molecular flexibility index (Phi) is 14.2. The molecule has 0 amide bonds. The molecule has 3 saturated carbocycles. The molecule has 50 heavy (non-hydrogen) atoms. The van der Waals surface area contributed by atoms with Gasteiger partial charge < -0.3 is 18.0 Å². The van der Waals surface area contributed by atoms with Crippen LogP contribution in [0.1, 0.15) is 140 Å². The lowest BCUT2D eigenvalue weighted by Crippen LogP contribution is -2.48. The fraction of sp³-hybridized carbons (Fsp3) is 0.907. The summed E-state index contributed by atoms with van der Waals surface area (Å²) < 4.78 is 27.1. The molecule has 3 aliphatic carbocycles. The van der Waals surface area contributed by atoms with Crippen LogP contribution in [0.15, 0.2) is 23.3 Å². The van der Waals surface area contributed by atoms with Crippen LogP contribution in [0.25, 0.3) is 0 Å². The Morgan fingerprint density at radius 2 is 1.30 bits per heavy atom. The largest absolute Gasteiger partial charge is 0.414 e. The fourth-order valence-electron chi connectivity index (χ4n) is 9.29. The van der Waals surface area contributed by atoms with Gasteiger partial charge in [-0.15, -0.1) is 0 Å². The molecule has 7 heteroatoms. The first kappa shape index (κ1) is 44.4. The maximum absolute atomic E-state index is 7.11. The van der Waals surface area contributed by atoms with Gasteiger partial charge in [0.15, 0.2) is 25.0 Å². The molecule has 0 radical (unpaired) electrons. The van der Waals surface area contributed by atoms with Gasteiger partial charge in [-0.2, -0.15) is 0 Å². The summed E-state index contributed by atoms with van der Waals surface area (Å²) in [5.41, 5.74) is 3.68. The Morgan fingerprint density at radius 3 is 1.80 bits per heavy atom. The van der Waals surface area contributed by atoms with Crippen molar-refractivity contribution < 1.29 is 18.0 Å². The van der Waals surface area contributed by atoms with Gasteiger partial charge in [-0.05, 0) is 157 Å². The van der Waals surface area contributed by atoms with Crippen molar-refractivity contribution in [1.82, 2.24) is 0 Å². The van der Waals surface area contributed by atoms with Crippen LogP contribution in [-0.2, 0) is 18.0 Å². The SMILES string of the molecule is CC(C)(CCCOCC(C)(C)[C@H]1CC[C@H]2/C(=C/C=C3C[C@@H](O[Si](C)(C)C(C)(C)C)C[C@H](O[Si](C)(C)C(C)(C)C)C3)CCC[C@]12C)O[Si](C)(C)C. The van der Waals surface area contributed by atoms with E-state index in [0.717, 1.165) is 45.3 Å². The molecule has 4 nitrogen and oxygen atoms in total. The molecule has 3 aliphatic rings. The van der Waals surface area contributed by atoms with Crippen LogP contribution in [0.4, 0.5) is 0 Å². The van der Waals surface area contributed by atoms with Crippen molar-refractivity contribution >= 4 is 25.0 Å². The van der Waals surface area contributed by atoms with Crippen molar-refractivity contribution in [3.8, 4) is 0 Å². The zero-order chi connectivity index (χ0) is 38.2.